The van der Waals surface area contributed by atoms with Crippen molar-refractivity contribution in [1.82, 2.24) is 10.2 Å². The van der Waals surface area contributed by atoms with Gasteiger partial charge in [0.25, 0.3) is 0 Å². The highest BCUT2D eigenvalue weighted by molar-refractivity contribution is 9.10. The highest BCUT2D eigenvalue weighted by Crippen LogP contribution is 2.23. The van der Waals surface area contributed by atoms with Crippen LogP contribution in [-0.4, -0.2) is 28.3 Å². The number of hydrogen-bond acceptors (Lipinski definition) is 4. The van der Waals surface area contributed by atoms with Crippen LogP contribution in [0.3, 0.4) is 0 Å². The Kier molecular flexibility index (Phi) is 4.57. The van der Waals surface area contributed by atoms with Gasteiger partial charge in [-0.25, -0.2) is 4.79 Å². The monoisotopic (exact) mass is 349 g/mol. The summed E-state index contributed by atoms with van der Waals surface area (Å²) in [6.07, 6.45) is 0. The first-order valence-corrected chi connectivity index (χ1v) is 7.22. The number of aromatic nitrogens is 2. The quantitative estimate of drug-likeness (QED) is 0.917. The van der Waals surface area contributed by atoms with Crippen molar-refractivity contribution in [3.63, 3.8) is 0 Å². The Morgan fingerprint density at radius 1 is 1.24 bits per heavy atom. The zero-order chi connectivity index (χ0) is 15.6. The Morgan fingerprint density at radius 3 is 2.43 bits per heavy atom. The second-order valence-electron chi connectivity index (χ2n) is 4.90. The van der Waals surface area contributed by atoms with E-state index in [1.165, 1.54) is 0 Å². The van der Waals surface area contributed by atoms with Crippen molar-refractivity contribution < 1.29 is 9.90 Å². The molecule has 0 amide bonds. The smallest absolute Gasteiger partial charge is 0.339 e. The molecule has 1 heterocycles. The number of hydrogen-bond donors (Lipinski definition) is 1. The van der Waals surface area contributed by atoms with Gasteiger partial charge in [0.05, 0.1) is 5.69 Å². The van der Waals surface area contributed by atoms with Crippen LogP contribution in [0.2, 0.25) is 0 Å². The SMILES string of the molecule is Cc1nnc(N(C)Cc2ccc(Br)cc2)c(C(=O)O)c1C. The standard InChI is InChI=1S/C15H16BrN3O2/c1-9-10(2)17-18-14(13(9)15(20)21)19(3)8-11-4-6-12(16)7-5-11/h4-7H,8H2,1-3H3,(H,20,21). The molecule has 21 heavy (non-hydrogen) atoms. The van der Waals surface area contributed by atoms with E-state index in [9.17, 15) is 9.90 Å². The van der Waals surface area contributed by atoms with Gasteiger partial charge in [-0.2, -0.15) is 5.10 Å². The number of carbonyl (C=O) groups is 1. The molecule has 0 saturated carbocycles. The van der Waals surface area contributed by atoms with E-state index in [4.69, 9.17) is 0 Å². The van der Waals surface area contributed by atoms with Crippen LogP contribution in [0.4, 0.5) is 5.82 Å². The van der Waals surface area contributed by atoms with E-state index in [2.05, 4.69) is 26.1 Å². The number of anilines is 1. The average molecular weight is 350 g/mol. The van der Waals surface area contributed by atoms with Crippen LogP contribution in [0.5, 0.6) is 0 Å². The molecule has 0 radical (unpaired) electrons. The minimum atomic E-state index is -0.983. The molecule has 2 aromatic rings. The summed E-state index contributed by atoms with van der Waals surface area (Å²) in [7, 11) is 1.81. The van der Waals surface area contributed by atoms with Crippen molar-refractivity contribution >= 4 is 27.7 Å². The van der Waals surface area contributed by atoms with E-state index in [0.717, 1.165) is 10.0 Å². The molecule has 5 nitrogen and oxygen atoms in total. The van der Waals surface area contributed by atoms with Gasteiger partial charge in [0.15, 0.2) is 5.82 Å². The van der Waals surface area contributed by atoms with Crippen LogP contribution in [0.25, 0.3) is 0 Å². The summed E-state index contributed by atoms with van der Waals surface area (Å²) < 4.78 is 1.01. The molecule has 0 saturated heterocycles. The molecular weight excluding hydrogens is 334 g/mol. The molecule has 2 rings (SSSR count). The molecular formula is C15H16BrN3O2. The maximum atomic E-state index is 11.5. The Bertz CT molecular complexity index is 671. The van der Waals surface area contributed by atoms with Crippen LogP contribution in [0.15, 0.2) is 28.7 Å². The molecule has 1 aromatic carbocycles. The normalized spacial score (nSPS) is 10.5. The van der Waals surface area contributed by atoms with E-state index >= 15 is 0 Å². The second-order valence-corrected chi connectivity index (χ2v) is 5.81. The van der Waals surface area contributed by atoms with Gasteiger partial charge in [0.1, 0.15) is 5.56 Å². The van der Waals surface area contributed by atoms with Crippen LogP contribution in [-0.2, 0) is 6.54 Å². The number of benzene rings is 1. The third kappa shape index (κ3) is 3.39. The number of rotatable bonds is 4. The fourth-order valence-electron chi connectivity index (χ4n) is 2.06. The molecule has 1 N–H and O–H groups in total. The molecule has 0 aliphatic heterocycles. The van der Waals surface area contributed by atoms with E-state index < -0.39 is 5.97 Å². The third-order valence-corrected chi connectivity index (χ3v) is 3.87. The minimum absolute atomic E-state index is 0.210. The molecule has 0 aliphatic carbocycles. The first kappa shape index (κ1) is 15.4. The number of aromatic carboxylic acids is 1. The van der Waals surface area contributed by atoms with E-state index in [-0.39, 0.29) is 5.56 Å². The summed E-state index contributed by atoms with van der Waals surface area (Å²) in [6, 6.07) is 7.87. The summed E-state index contributed by atoms with van der Waals surface area (Å²) in [4.78, 5) is 13.3. The van der Waals surface area contributed by atoms with E-state index in [1.807, 2.05) is 31.3 Å². The summed E-state index contributed by atoms with van der Waals surface area (Å²) in [6.45, 7) is 4.07. The first-order chi connectivity index (χ1) is 9.90. The Hall–Kier alpha value is -1.95. The Morgan fingerprint density at radius 2 is 1.86 bits per heavy atom. The lowest BCUT2D eigenvalue weighted by Gasteiger charge is -2.21. The van der Waals surface area contributed by atoms with E-state index in [1.54, 1.807) is 18.7 Å². The minimum Gasteiger partial charge on any atom is -0.478 e. The van der Waals surface area contributed by atoms with Gasteiger partial charge >= 0.3 is 5.97 Å². The zero-order valence-electron chi connectivity index (χ0n) is 12.1. The van der Waals surface area contributed by atoms with Gasteiger partial charge in [0.2, 0.25) is 0 Å². The highest BCUT2D eigenvalue weighted by Gasteiger charge is 2.20. The topological polar surface area (TPSA) is 66.3 Å². The van der Waals surface area contributed by atoms with Gasteiger partial charge in [-0.3, -0.25) is 0 Å². The third-order valence-electron chi connectivity index (χ3n) is 3.34. The van der Waals surface area contributed by atoms with Crippen molar-refractivity contribution in [2.24, 2.45) is 0 Å². The number of aryl methyl sites for hydroxylation is 1. The molecule has 6 heteroatoms. The van der Waals surface area contributed by atoms with Gasteiger partial charge < -0.3 is 10.0 Å². The highest BCUT2D eigenvalue weighted by atomic mass is 79.9. The maximum absolute atomic E-state index is 11.5. The van der Waals surface area contributed by atoms with Crippen molar-refractivity contribution in [3.05, 3.63) is 51.1 Å². The summed E-state index contributed by atoms with van der Waals surface area (Å²) in [5, 5.41) is 17.5. The summed E-state index contributed by atoms with van der Waals surface area (Å²) in [5.74, 6) is -0.600. The molecule has 0 bridgehead atoms. The molecule has 0 aliphatic rings. The largest absolute Gasteiger partial charge is 0.478 e. The maximum Gasteiger partial charge on any atom is 0.339 e. The predicted octanol–water partition coefficient (Wildman–Crippen LogP) is 3.19. The van der Waals surface area contributed by atoms with Crippen molar-refractivity contribution in [3.8, 4) is 0 Å². The number of carboxylic acids is 1. The molecule has 0 atom stereocenters. The zero-order valence-corrected chi connectivity index (χ0v) is 13.7. The fourth-order valence-corrected chi connectivity index (χ4v) is 2.32. The van der Waals surface area contributed by atoms with Crippen LogP contribution in [0, 0.1) is 13.8 Å². The van der Waals surface area contributed by atoms with Gasteiger partial charge in [-0.1, -0.05) is 28.1 Å². The van der Waals surface area contributed by atoms with Crippen molar-refractivity contribution in [2.45, 2.75) is 20.4 Å². The summed E-state index contributed by atoms with van der Waals surface area (Å²) in [5.41, 5.74) is 2.56. The number of carboxylic acid groups (broad SMARTS) is 1. The Balaban J connectivity index is 2.35. The summed E-state index contributed by atoms with van der Waals surface area (Å²) >= 11 is 3.39. The van der Waals surface area contributed by atoms with Gasteiger partial charge in [-0.05, 0) is 37.1 Å². The Labute approximate surface area is 131 Å². The van der Waals surface area contributed by atoms with Gasteiger partial charge in [0, 0.05) is 18.1 Å². The van der Waals surface area contributed by atoms with Crippen molar-refractivity contribution in [1.29, 1.82) is 0 Å². The lowest BCUT2D eigenvalue weighted by molar-refractivity contribution is 0.0696. The molecule has 0 spiro atoms. The second kappa shape index (κ2) is 6.22. The molecule has 0 fully saturated rings. The fraction of sp³-hybridized carbons (Fsp3) is 0.267. The molecule has 110 valence electrons. The lowest BCUT2D eigenvalue weighted by atomic mass is 10.1. The van der Waals surface area contributed by atoms with Crippen LogP contribution < -0.4 is 4.90 Å². The van der Waals surface area contributed by atoms with Crippen LogP contribution >= 0.6 is 15.9 Å². The van der Waals surface area contributed by atoms with Crippen LogP contribution in [0.1, 0.15) is 27.2 Å². The predicted molar refractivity (Wildman–Crippen MR) is 84.7 cm³/mol. The van der Waals surface area contributed by atoms with E-state index in [0.29, 0.717) is 23.6 Å². The lowest BCUT2D eigenvalue weighted by Crippen LogP contribution is -2.22. The first-order valence-electron chi connectivity index (χ1n) is 6.43. The van der Waals surface area contributed by atoms with Crippen molar-refractivity contribution in [2.75, 3.05) is 11.9 Å². The van der Waals surface area contributed by atoms with Gasteiger partial charge in [-0.15, -0.1) is 5.10 Å². The molecule has 1 aromatic heterocycles. The average Bonchev–Trinajstić information content (AvgIpc) is 2.43. The number of nitrogens with zero attached hydrogens (tertiary/aromatic N) is 3. The number of halogens is 1. The molecule has 0 unspecified atom stereocenters.